The zero-order valence-electron chi connectivity index (χ0n) is 31.6. The summed E-state index contributed by atoms with van der Waals surface area (Å²) in [5.74, 6) is -1.99. The Balaban J connectivity index is 1.56. The van der Waals surface area contributed by atoms with E-state index in [-0.39, 0.29) is 30.4 Å². The number of methoxy groups -OCH3 is 3. The van der Waals surface area contributed by atoms with E-state index in [1.165, 1.54) is 6.07 Å². The average molecular weight is 734 g/mol. The molecule has 1 amide bonds. The lowest BCUT2D eigenvalue weighted by Crippen LogP contribution is -2.54. The Bertz CT molecular complexity index is 1810. The number of halogens is 2. The van der Waals surface area contributed by atoms with Crippen molar-refractivity contribution in [3.63, 3.8) is 0 Å². The Kier molecular flexibility index (Phi) is 13.1. The lowest BCUT2D eigenvalue weighted by molar-refractivity contribution is -0.139. The quantitative estimate of drug-likeness (QED) is 0.114. The van der Waals surface area contributed by atoms with Crippen LogP contribution in [0.4, 0.5) is 8.78 Å². The van der Waals surface area contributed by atoms with Gasteiger partial charge in [0.05, 0.1) is 32.3 Å². The molecule has 0 saturated heterocycles. The molecule has 4 atom stereocenters. The maximum Gasteiger partial charge on any atom is 0.227 e. The lowest BCUT2D eigenvalue weighted by Gasteiger charge is -2.46. The number of hydrogen-bond acceptors (Lipinski definition) is 7. The topological polar surface area (TPSA) is 106 Å². The number of rotatable bonds is 12. The van der Waals surface area contributed by atoms with E-state index in [4.69, 9.17) is 14.2 Å². The third-order valence-electron chi connectivity index (χ3n) is 11.5. The highest BCUT2D eigenvalue weighted by Gasteiger charge is 2.57. The first-order valence-electron chi connectivity index (χ1n) is 18.5. The smallest absolute Gasteiger partial charge is 0.227 e. The second-order valence-electron chi connectivity index (χ2n) is 14.9. The lowest BCUT2D eigenvalue weighted by atomic mass is 9.64. The maximum absolute atomic E-state index is 14.4. The molecule has 0 spiro atoms. The van der Waals surface area contributed by atoms with Gasteiger partial charge in [0.1, 0.15) is 0 Å². The molecule has 6 rings (SSSR count). The Morgan fingerprint density at radius 1 is 0.943 bits per heavy atom. The number of carbonyl (C=O) groups excluding carboxylic acids is 2. The van der Waals surface area contributed by atoms with Gasteiger partial charge in [-0.3, -0.25) is 9.59 Å². The minimum absolute atomic E-state index is 0.0163. The number of hydrogen-bond donors (Lipinski definition) is 2. The van der Waals surface area contributed by atoms with Crippen LogP contribution in [0.1, 0.15) is 97.3 Å². The highest BCUT2D eigenvalue weighted by molar-refractivity contribution is 6.10. The first kappa shape index (κ1) is 40.1. The summed E-state index contributed by atoms with van der Waals surface area (Å²) in [6, 6.07) is 14.1. The van der Waals surface area contributed by atoms with E-state index in [9.17, 15) is 28.6 Å². The molecule has 1 saturated carbocycles. The summed E-state index contributed by atoms with van der Waals surface area (Å²) in [6.07, 6.45) is 5.88. The molecule has 286 valence electrons. The van der Waals surface area contributed by atoms with Crippen LogP contribution in [0.3, 0.4) is 0 Å². The van der Waals surface area contributed by atoms with Gasteiger partial charge in [-0.1, -0.05) is 36.8 Å². The van der Waals surface area contributed by atoms with Crippen molar-refractivity contribution >= 4 is 11.7 Å². The standard InChI is InChI=1S/C43H53F2NO7/c1-28-8-6-18-42(2)35(33-14-10-29(22-32(47)13-9-28)23-34(33)41(49)31-12-15-36(44)37(45)26-31)17-19-43(42,50)27-46(20-7-21-51-3)40(48)25-30-11-16-38(52-4)39(24-30)53-5/h8,10-12,14-16,23-24,26,32,35,47,50H,6-7,9,13,17-22,25,27H2,1-5H3. The molecule has 4 unspecified atom stereocenters. The molecular weight excluding hydrogens is 680 g/mol. The van der Waals surface area contributed by atoms with Crippen LogP contribution in [0.15, 0.2) is 66.2 Å². The number of carbonyl (C=O) groups is 2. The largest absolute Gasteiger partial charge is 0.493 e. The molecule has 3 aliphatic rings. The molecule has 0 radical (unpaired) electrons. The molecule has 3 aliphatic carbocycles. The number of aliphatic hydroxyl groups is 2. The number of aliphatic hydroxyl groups excluding tert-OH is 1. The summed E-state index contributed by atoms with van der Waals surface area (Å²) in [5.41, 5.74) is 1.57. The van der Waals surface area contributed by atoms with E-state index in [2.05, 4.69) is 19.9 Å². The third-order valence-corrected chi connectivity index (χ3v) is 11.5. The van der Waals surface area contributed by atoms with Crippen LogP contribution < -0.4 is 9.47 Å². The Labute approximate surface area is 311 Å². The van der Waals surface area contributed by atoms with Crippen LogP contribution in [0, 0.1) is 17.0 Å². The van der Waals surface area contributed by atoms with Crippen LogP contribution in [0.5, 0.6) is 11.5 Å². The van der Waals surface area contributed by atoms with Gasteiger partial charge in [-0.2, -0.15) is 0 Å². The molecule has 0 heterocycles. The molecule has 2 bridgehead atoms. The first-order chi connectivity index (χ1) is 25.3. The monoisotopic (exact) mass is 733 g/mol. The Hall–Kier alpha value is -4.12. The minimum atomic E-state index is -1.34. The molecule has 2 N–H and O–H groups in total. The highest BCUT2D eigenvalue weighted by atomic mass is 19.2. The van der Waals surface area contributed by atoms with Gasteiger partial charge in [-0.15, -0.1) is 0 Å². The highest BCUT2D eigenvalue weighted by Crippen LogP contribution is 2.59. The van der Waals surface area contributed by atoms with Gasteiger partial charge in [0.15, 0.2) is 28.9 Å². The molecule has 3 aromatic rings. The average Bonchev–Trinajstić information content (AvgIpc) is 3.39. The fraction of sp³-hybridized carbons (Fsp3) is 0.488. The van der Waals surface area contributed by atoms with Crippen molar-refractivity contribution < 1.29 is 42.8 Å². The summed E-state index contributed by atoms with van der Waals surface area (Å²) >= 11 is 0. The molecule has 0 aliphatic heterocycles. The van der Waals surface area contributed by atoms with Gasteiger partial charge in [0.2, 0.25) is 5.91 Å². The SMILES string of the molecule is COCCCN(CC1(O)CCC2c3ccc(cc3C(=O)c3ccc(F)c(F)c3)CC(O)CCC(C)=CCCC21C)C(=O)Cc1ccc(OC)c(OC)c1. The summed E-state index contributed by atoms with van der Waals surface area (Å²) in [4.78, 5) is 30.1. The molecule has 8 nitrogen and oxygen atoms in total. The number of nitrogens with zero attached hydrogens (tertiary/aromatic N) is 1. The fourth-order valence-corrected chi connectivity index (χ4v) is 8.27. The van der Waals surface area contributed by atoms with Gasteiger partial charge < -0.3 is 29.3 Å². The molecule has 0 aromatic heterocycles. The van der Waals surface area contributed by atoms with E-state index < -0.39 is 34.5 Å². The van der Waals surface area contributed by atoms with E-state index >= 15 is 0 Å². The minimum Gasteiger partial charge on any atom is -0.493 e. The van der Waals surface area contributed by atoms with E-state index in [0.717, 1.165) is 28.8 Å². The van der Waals surface area contributed by atoms with E-state index in [1.54, 1.807) is 44.4 Å². The maximum atomic E-state index is 14.4. The molecule has 3 aromatic carbocycles. The van der Waals surface area contributed by atoms with Crippen molar-refractivity contribution in [1.82, 2.24) is 4.90 Å². The number of allylic oxidation sites excluding steroid dienone is 2. The van der Waals surface area contributed by atoms with Gasteiger partial charge in [0.25, 0.3) is 0 Å². The van der Waals surface area contributed by atoms with Crippen molar-refractivity contribution in [3.05, 3.63) is 106 Å². The zero-order chi connectivity index (χ0) is 38.3. The second kappa shape index (κ2) is 17.3. The number of ketones is 1. The molecule has 10 heteroatoms. The molecular formula is C43H53F2NO7. The Morgan fingerprint density at radius 2 is 1.72 bits per heavy atom. The molecule has 53 heavy (non-hydrogen) atoms. The summed E-state index contributed by atoms with van der Waals surface area (Å²) in [7, 11) is 4.71. The van der Waals surface area contributed by atoms with Crippen LogP contribution in [-0.2, 0) is 22.4 Å². The zero-order valence-corrected chi connectivity index (χ0v) is 31.6. The van der Waals surface area contributed by atoms with Crippen LogP contribution in [0.2, 0.25) is 0 Å². The van der Waals surface area contributed by atoms with Crippen molar-refractivity contribution in [2.75, 3.05) is 41.0 Å². The van der Waals surface area contributed by atoms with Gasteiger partial charge in [-0.25, -0.2) is 8.78 Å². The number of amides is 1. The Morgan fingerprint density at radius 3 is 2.43 bits per heavy atom. The number of ether oxygens (including phenoxy) is 3. The molecule has 1 fully saturated rings. The first-order valence-corrected chi connectivity index (χ1v) is 18.5. The normalized spacial score (nSPS) is 23.2. The summed E-state index contributed by atoms with van der Waals surface area (Å²) in [6.45, 7) is 5.00. The summed E-state index contributed by atoms with van der Waals surface area (Å²) < 4.78 is 44.5. The predicted octanol–water partition coefficient (Wildman–Crippen LogP) is 7.36. The summed E-state index contributed by atoms with van der Waals surface area (Å²) in [5, 5.41) is 23.8. The van der Waals surface area contributed by atoms with E-state index in [1.807, 2.05) is 18.2 Å². The van der Waals surface area contributed by atoms with Crippen LogP contribution in [-0.4, -0.2) is 79.5 Å². The number of benzene rings is 3. The van der Waals surface area contributed by atoms with Crippen molar-refractivity contribution in [2.45, 2.75) is 89.3 Å². The van der Waals surface area contributed by atoms with Crippen molar-refractivity contribution in [1.29, 1.82) is 0 Å². The van der Waals surface area contributed by atoms with E-state index in [0.29, 0.717) is 87.1 Å². The second-order valence-corrected chi connectivity index (χ2v) is 14.9. The van der Waals surface area contributed by atoms with Gasteiger partial charge in [0, 0.05) is 43.3 Å². The van der Waals surface area contributed by atoms with Gasteiger partial charge in [-0.05, 0) is 117 Å². The van der Waals surface area contributed by atoms with Gasteiger partial charge >= 0.3 is 0 Å². The number of fused-ring (bicyclic) bond motifs is 8. The van der Waals surface area contributed by atoms with Crippen LogP contribution in [0.25, 0.3) is 0 Å². The fourth-order valence-electron chi connectivity index (χ4n) is 8.27. The van der Waals surface area contributed by atoms with Crippen LogP contribution >= 0.6 is 0 Å². The van der Waals surface area contributed by atoms with Crippen molar-refractivity contribution in [2.24, 2.45) is 5.41 Å². The predicted molar refractivity (Wildman–Crippen MR) is 200 cm³/mol. The van der Waals surface area contributed by atoms with Crippen molar-refractivity contribution in [3.8, 4) is 11.5 Å². The third kappa shape index (κ3) is 8.99.